The third-order valence-electron chi connectivity index (χ3n) is 5.70. The van der Waals surface area contributed by atoms with E-state index in [9.17, 15) is 19.5 Å². The van der Waals surface area contributed by atoms with Gasteiger partial charge in [0.15, 0.2) is 0 Å². The molecular weight excluding hydrogens is 394 g/mol. The third-order valence-corrected chi connectivity index (χ3v) is 5.70. The zero-order valence-corrected chi connectivity index (χ0v) is 16.5. The number of aliphatic carboxylic acids is 2. The maximum absolute atomic E-state index is 12.4. The first-order valence-corrected chi connectivity index (χ1v) is 9.69. The highest BCUT2D eigenvalue weighted by Crippen LogP contribution is 2.48. The maximum atomic E-state index is 12.4. The summed E-state index contributed by atoms with van der Waals surface area (Å²) in [5, 5.41) is 25.2. The van der Waals surface area contributed by atoms with Crippen molar-refractivity contribution in [3.63, 3.8) is 0 Å². The molecule has 3 aliphatic rings. The molecule has 30 heavy (non-hydrogen) atoms. The molecule has 1 aromatic rings. The molecule has 0 amide bonds. The lowest BCUT2D eigenvalue weighted by molar-refractivity contribution is -0.156. The number of piperidine rings is 1. The topological polar surface area (TPSA) is 137 Å². The molecule has 2 bridgehead atoms. The van der Waals surface area contributed by atoms with E-state index in [-0.39, 0.29) is 18.7 Å². The number of ether oxygens (including phenoxy) is 2. The Kier molecular flexibility index (Phi) is 6.86. The van der Waals surface area contributed by atoms with Gasteiger partial charge in [-0.1, -0.05) is 30.3 Å². The number of aliphatic hydroxyl groups is 1. The molecule has 4 rings (SSSR count). The molecule has 0 aromatic heterocycles. The molecule has 3 aliphatic heterocycles. The molecule has 9 heteroatoms. The second kappa shape index (κ2) is 9.38. The maximum Gasteiger partial charge on any atom is 0.328 e. The monoisotopic (exact) mass is 419 g/mol. The Balaban J connectivity index is 0.000000275. The number of carbonyl (C=O) groups is 3. The van der Waals surface area contributed by atoms with E-state index in [0.717, 1.165) is 18.4 Å². The molecule has 3 heterocycles. The number of nitrogens with zero attached hydrogens (tertiary/aromatic N) is 1. The molecule has 4 unspecified atom stereocenters. The zero-order chi connectivity index (χ0) is 21.8. The Morgan fingerprint density at radius 3 is 2.10 bits per heavy atom. The molecule has 162 valence electrons. The number of rotatable bonds is 6. The molecule has 9 nitrogen and oxygen atoms in total. The highest BCUT2D eigenvalue weighted by molar-refractivity contribution is 5.89. The van der Waals surface area contributed by atoms with E-state index in [1.807, 2.05) is 30.3 Å². The number of aliphatic hydroxyl groups excluding tert-OH is 1. The number of benzene rings is 1. The number of carbonyl (C=O) groups excluding carboxylic acids is 1. The fraction of sp³-hybridized carbons (Fsp3) is 0.476. The van der Waals surface area contributed by atoms with Crippen LogP contribution in [0.3, 0.4) is 0 Å². The summed E-state index contributed by atoms with van der Waals surface area (Å²) in [7, 11) is 2.13. The van der Waals surface area contributed by atoms with Crippen LogP contribution in [0.2, 0.25) is 0 Å². The van der Waals surface area contributed by atoms with Crippen LogP contribution in [0.25, 0.3) is 0 Å². The zero-order valence-electron chi connectivity index (χ0n) is 16.5. The second-order valence-electron chi connectivity index (χ2n) is 7.55. The number of carboxylic acid groups (broad SMARTS) is 2. The summed E-state index contributed by atoms with van der Waals surface area (Å²) >= 11 is 0. The Labute approximate surface area is 173 Å². The van der Waals surface area contributed by atoms with E-state index < -0.39 is 17.9 Å². The molecule has 0 aliphatic carbocycles. The van der Waals surface area contributed by atoms with Crippen molar-refractivity contribution in [1.82, 2.24) is 4.90 Å². The smallest absolute Gasteiger partial charge is 0.328 e. The molecule has 1 aromatic carbocycles. The molecule has 0 radical (unpaired) electrons. The molecule has 0 spiro atoms. The normalized spacial score (nSPS) is 30.0. The van der Waals surface area contributed by atoms with E-state index in [0.29, 0.717) is 36.4 Å². The van der Waals surface area contributed by atoms with Gasteiger partial charge in [-0.3, -0.25) is 9.69 Å². The van der Waals surface area contributed by atoms with Gasteiger partial charge in [-0.2, -0.15) is 0 Å². The van der Waals surface area contributed by atoms with Crippen LogP contribution in [0.15, 0.2) is 42.5 Å². The van der Waals surface area contributed by atoms with Crippen molar-refractivity contribution in [2.45, 2.75) is 49.2 Å². The number of esters is 1. The summed E-state index contributed by atoms with van der Waals surface area (Å²) in [6.07, 6.45) is 3.38. The van der Waals surface area contributed by atoms with Gasteiger partial charge in [0.2, 0.25) is 0 Å². The van der Waals surface area contributed by atoms with Crippen molar-refractivity contribution in [2.24, 2.45) is 0 Å². The number of epoxide rings is 1. The Morgan fingerprint density at radius 2 is 1.63 bits per heavy atom. The fourth-order valence-electron chi connectivity index (χ4n) is 4.19. The average molecular weight is 419 g/mol. The number of likely N-dealkylation sites (N-methyl/N-ethyl adjacent to an activating group) is 1. The summed E-state index contributed by atoms with van der Waals surface area (Å²) in [5.41, 5.74) is 0.803. The first-order valence-electron chi connectivity index (χ1n) is 9.69. The fourth-order valence-corrected chi connectivity index (χ4v) is 4.19. The van der Waals surface area contributed by atoms with Gasteiger partial charge in [-0.25, -0.2) is 9.59 Å². The van der Waals surface area contributed by atoms with Crippen molar-refractivity contribution in [1.29, 1.82) is 0 Å². The van der Waals surface area contributed by atoms with E-state index in [2.05, 4.69) is 11.9 Å². The lowest BCUT2D eigenvalue weighted by Gasteiger charge is -2.38. The van der Waals surface area contributed by atoms with Gasteiger partial charge < -0.3 is 24.8 Å². The number of morpholine rings is 1. The van der Waals surface area contributed by atoms with Crippen LogP contribution in [0.4, 0.5) is 0 Å². The number of fused-ring (bicyclic) bond motifs is 5. The number of hydrogen-bond acceptors (Lipinski definition) is 7. The first-order chi connectivity index (χ1) is 14.3. The standard InChI is InChI=1S/C17H21NO4.C4H4O4/c1-18-13-7-11(8-14(18)16-15(13)22-16)21-17(20)12(9-19)10-5-3-2-4-6-10;5-3(6)1-2-4(7)8/h2-6,11-16,19H,7-9H2,1H3;1-2H,(H,5,6)(H,7,8)/t11?,12-,13?,14?,15?,16?;/m1./s1. The number of carboxylic acids is 2. The van der Waals surface area contributed by atoms with Crippen LogP contribution in [-0.4, -0.2) is 82.2 Å². The van der Waals surface area contributed by atoms with Crippen LogP contribution < -0.4 is 0 Å². The van der Waals surface area contributed by atoms with Crippen LogP contribution >= 0.6 is 0 Å². The molecule has 3 saturated heterocycles. The van der Waals surface area contributed by atoms with Crippen LogP contribution in [0.1, 0.15) is 24.3 Å². The molecule has 5 atom stereocenters. The van der Waals surface area contributed by atoms with Gasteiger partial charge >= 0.3 is 17.9 Å². The Hall–Kier alpha value is -2.75. The van der Waals surface area contributed by atoms with Gasteiger partial charge in [0.1, 0.15) is 24.2 Å². The highest BCUT2D eigenvalue weighted by atomic mass is 16.6. The number of hydrogen-bond donors (Lipinski definition) is 3. The first kappa shape index (κ1) is 21.9. The predicted molar refractivity (Wildman–Crippen MR) is 104 cm³/mol. The van der Waals surface area contributed by atoms with Gasteiger partial charge in [-0.15, -0.1) is 0 Å². The van der Waals surface area contributed by atoms with Gasteiger partial charge in [-0.05, 0) is 12.6 Å². The SMILES string of the molecule is CN1C2CC(OC(=O)[C@H](CO)c3ccccc3)CC1C1OC12.O=C(O)C=CC(=O)O. The minimum absolute atomic E-state index is 0.0622. The lowest BCUT2D eigenvalue weighted by Crippen LogP contribution is -2.48. The van der Waals surface area contributed by atoms with E-state index in [4.69, 9.17) is 19.7 Å². The van der Waals surface area contributed by atoms with E-state index >= 15 is 0 Å². The minimum atomic E-state index is -1.26. The van der Waals surface area contributed by atoms with Crippen LogP contribution in [0, 0.1) is 0 Å². The quantitative estimate of drug-likeness (QED) is 0.344. The van der Waals surface area contributed by atoms with Gasteiger partial charge in [0.25, 0.3) is 0 Å². The lowest BCUT2D eigenvalue weighted by atomic mass is 9.97. The summed E-state index contributed by atoms with van der Waals surface area (Å²) in [4.78, 5) is 33.9. The van der Waals surface area contributed by atoms with E-state index in [1.165, 1.54) is 0 Å². The van der Waals surface area contributed by atoms with E-state index in [1.54, 1.807) is 0 Å². The Morgan fingerprint density at radius 1 is 1.10 bits per heavy atom. The predicted octanol–water partition coefficient (Wildman–Crippen LogP) is 0.630. The average Bonchev–Trinajstić information content (AvgIpc) is 3.47. The second-order valence-corrected chi connectivity index (χ2v) is 7.55. The summed E-state index contributed by atoms with van der Waals surface area (Å²) in [6, 6.07) is 10.1. The largest absolute Gasteiger partial charge is 0.478 e. The summed E-state index contributed by atoms with van der Waals surface area (Å²) in [6.45, 7) is -0.226. The third kappa shape index (κ3) is 5.05. The molecule has 3 fully saturated rings. The van der Waals surface area contributed by atoms with Crippen LogP contribution in [-0.2, 0) is 23.9 Å². The van der Waals surface area contributed by atoms with Gasteiger partial charge in [0, 0.05) is 37.1 Å². The highest BCUT2D eigenvalue weighted by Gasteiger charge is 2.62. The summed E-state index contributed by atoms with van der Waals surface area (Å²) < 4.78 is 11.4. The van der Waals surface area contributed by atoms with Crippen molar-refractivity contribution in [3.05, 3.63) is 48.0 Å². The minimum Gasteiger partial charge on any atom is -0.478 e. The van der Waals surface area contributed by atoms with Crippen molar-refractivity contribution in [2.75, 3.05) is 13.7 Å². The van der Waals surface area contributed by atoms with Crippen molar-refractivity contribution >= 4 is 17.9 Å². The van der Waals surface area contributed by atoms with Crippen LogP contribution in [0.5, 0.6) is 0 Å². The van der Waals surface area contributed by atoms with Crippen molar-refractivity contribution in [3.8, 4) is 0 Å². The van der Waals surface area contributed by atoms with Gasteiger partial charge in [0.05, 0.1) is 6.61 Å². The summed E-state index contributed by atoms with van der Waals surface area (Å²) in [5.74, 6) is -3.43. The molecular formula is C21H25NO8. The molecule has 0 saturated carbocycles. The Bertz CT molecular complexity index is 776. The molecule has 3 N–H and O–H groups in total. The van der Waals surface area contributed by atoms with Crippen molar-refractivity contribution < 1.29 is 39.2 Å².